The van der Waals surface area contributed by atoms with E-state index in [0.29, 0.717) is 58.4 Å². The Morgan fingerprint density at radius 1 is 0.836 bits per heavy atom. The summed E-state index contributed by atoms with van der Waals surface area (Å²) in [5, 5.41) is 6.61. The van der Waals surface area contributed by atoms with Gasteiger partial charge in [-0.3, -0.25) is 24.3 Å². The van der Waals surface area contributed by atoms with E-state index in [-0.39, 0.29) is 47.8 Å². The number of carbonyl (C=O) groups excluding carboxylic acids is 3. The number of hydrogen-bond acceptors (Lipinski definition) is 10. The van der Waals surface area contributed by atoms with Crippen molar-refractivity contribution >= 4 is 74.0 Å². The number of para-hydroxylation sites is 2. The first kappa shape index (κ1) is 40.5. The van der Waals surface area contributed by atoms with Gasteiger partial charge >= 0.3 is 0 Å². The highest BCUT2D eigenvalue weighted by atomic mass is 33.1. The summed E-state index contributed by atoms with van der Waals surface area (Å²) in [7, 11) is 5.02. The average molecular weight is 854 g/mol. The van der Waals surface area contributed by atoms with E-state index in [1.165, 1.54) is 0 Å². The third-order valence-corrected chi connectivity index (χ3v) is 14.2. The van der Waals surface area contributed by atoms with Crippen LogP contribution < -0.4 is 34.6 Å². The highest BCUT2D eigenvalue weighted by molar-refractivity contribution is 8.76. The van der Waals surface area contributed by atoms with Gasteiger partial charge in [0.2, 0.25) is 5.91 Å². The number of nitrogens with zero attached hydrogens (tertiary/aromatic N) is 3. The quantitative estimate of drug-likeness (QED) is 0.112. The first-order chi connectivity index (χ1) is 29.6. The molecule has 0 bridgehead atoms. The number of benzene rings is 5. The molecule has 11 nitrogen and oxygen atoms in total. The number of nitrogens with one attached hydrogen (secondary N) is 2. The Labute approximate surface area is 363 Å². The zero-order valence-electron chi connectivity index (χ0n) is 34.5. The molecular formula is C48H47N5O6S2. The third-order valence-electron chi connectivity index (χ3n) is 11.6. The lowest BCUT2D eigenvalue weighted by molar-refractivity contribution is -0.116. The molecule has 312 valence electrons. The van der Waals surface area contributed by atoms with Gasteiger partial charge in [-0.1, -0.05) is 58.0 Å². The molecular weight excluding hydrogens is 807 g/mol. The SMILES string of the molecule is COc1cc2c(cc1OCc1cc(COc3ccc4c(c3)N=C[C@@H]3Cc5ccccc5N3C4=O)cc(NC(=O)CCC(C)(C)SSC)c1)NC[C@@H]1Cc3ccccc3N1C2=O. The first-order valence-corrected chi connectivity index (χ1v) is 23.0. The molecule has 9 rings (SSSR count). The maximum absolute atomic E-state index is 14.0. The van der Waals surface area contributed by atoms with Crippen LogP contribution in [-0.2, 0) is 30.8 Å². The summed E-state index contributed by atoms with van der Waals surface area (Å²) in [6.07, 6.45) is 6.49. The second-order valence-electron chi connectivity index (χ2n) is 16.3. The van der Waals surface area contributed by atoms with Gasteiger partial charge in [0.25, 0.3) is 11.8 Å². The molecule has 0 spiro atoms. The number of ether oxygens (including phenoxy) is 3. The molecule has 0 radical (unpaired) electrons. The van der Waals surface area contributed by atoms with Crippen LogP contribution in [0.25, 0.3) is 0 Å². The van der Waals surface area contributed by atoms with Crippen LogP contribution in [0, 0.1) is 0 Å². The second kappa shape index (κ2) is 16.9. The number of hydrogen-bond donors (Lipinski definition) is 2. The molecule has 3 amide bonds. The maximum Gasteiger partial charge on any atom is 0.261 e. The van der Waals surface area contributed by atoms with E-state index >= 15 is 0 Å². The number of anilines is 4. The lowest BCUT2D eigenvalue weighted by Crippen LogP contribution is -2.39. The van der Waals surface area contributed by atoms with Gasteiger partial charge in [0.1, 0.15) is 19.0 Å². The van der Waals surface area contributed by atoms with Crippen LogP contribution in [0.5, 0.6) is 17.2 Å². The van der Waals surface area contributed by atoms with Crippen molar-refractivity contribution in [1.29, 1.82) is 0 Å². The molecule has 2 N–H and O–H groups in total. The zero-order chi connectivity index (χ0) is 42.3. The molecule has 0 fully saturated rings. The van der Waals surface area contributed by atoms with Crippen molar-refractivity contribution in [3.63, 3.8) is 0 Å². The second-order valence-corrected chi connectivity index (χ2v) is 19.4. The van der Waals surface area contributed by atoms with Crippen LogP contribution in [0.2, 0.25) is 0 Å². The topological polar surface area (TPSA) is 122 Å². The predicted octanol–water partition coefficient (Wildman–Crippen LogP) is 9.65. The maximum atomic E-state index is 14.0. The van der Waals surface area contributed by atoms with E-state index in [2.05, 4.69) is 36.6 Å². The molecule has 4 aliphatic heterocycles. The smallest absolute Gasteiger partial charge is 0.261 e. The molecule has 13 heteroatoms. The number of aliphatic imine (C=N–C) groups is 1. The van der Waals surface area contributed by atoms with Gasteiger partial charge in [0, 0.05) is 59.5 Å². The minimum absolute atomic E-state index is 0.00138. The van der Waals surface area contributed by atoms with Crippen LogP contribution in [-0.4, -0.2) is 60.7 Å². The molecule has 5 aromatic rings. The van der Waals surface area contributed by atoms with Gasteiger partial charge in [0.15, 0.2) is 11.5 Å². The van der Waals surface area contributed by atoms with Crippen molar-refractivity contribution in [3.8, 4) is 17.2 Å². The number of methoxy groups -OCH3 is 1. The molecule has 2 atom stereocenters. The Balaban J connectivity index is 0.944. The summed E-state index contributed by atoms with van der Waals surface area (Å²) in [5.41, 5.74) is 8.67. The van der Waals surface area contributed by atoms with E-state index in [1.54, 1.807) is 53.0 Å². The zero-order valence-corrected chi connectivity index (χ0v) is 36.2. The van der Waals surface area contributed by atoms with Gasteiger partial charge in [-0.2, -0.15) is 0 Å². The number of amides is 3. The van der Waals surface area contributed by atoms with Crippen molar-refractivity contribution in [1.82, 2.24) is 0 Å². The van der Waals surface area contributed by atoms with Crippen molar-refractivity contribution in [3.05, 3.63) is 130 Å². The lowest BCUT2D eigenvalue weighted by Gasteiger charge is -2.22. The van der Waals surface area contributed by atoms with Crippen LogP contribution in [0.1, 0.15) is 69.7 Å². The Morgan fingerprint density at radius 3 is 2.30 bits per heavy atom. The van der Waals surface area contributed by atoms with Crippen LogP contribution >= 0.6 is 21.6 Å². The molecule has 0 aliphatic carbocycles. The third kappa shape index (κ3) is 8.28. The van der Waals surface area contributed by atoms with Gasteiger partial charge < -0.3 is 29.7 Å². The Hall–Kier alpha value is -5.92. The summed E-state index contributed by atoms with van der Waals surface area (Å²) in [4.78, 5) is 49.5. The summed E-state index contributed by atoms with van der Waals surface area (Å²) in [5.74, 6) is 1.23. The number of rotatable bonds is 13. The Morgan fingerprint density at radius 2 is 1.54 bits per heavy atom. The molecule has 0 aromatic heterocycles. The summed E-state index contributed by atoms with van der Waals surface area (Å²) >= 11 is 0. The van der Waals surface area contributed by atoms with Crippen LogP contribution in [0.15, 0.2) is 102 Å². The van der Waals surface area contributed by atoms with E-state index in [9.17, 15) is 14.4 Å². The molecule has 5 aromatic carbocycles. The van der Waals surface area contributed by atoms with Crippen LogP contribution in [0.3, 0.4) is 0 Å². The molecule has 0 saturated heterocycles. The van der Waals surface area contributed by atoms with Gasteiger partial charge in [0.05, 0.1) is 41.7 Å². The normalized spacial score (nSPS) is 17.2. The number of fused-ring (bicyclic) bond motifs is 8. The van der Waals surface area contributed by atoms with Crippen molar-refractivity contribution in [2.24, 2.45) is 4.99 Å². The molecule has 61 heavy (non-hydrogen) atoms. The van der Waals surface area contributed by atoms with Gasteiger partial charge in [-0.05, 0) is 104 Å². The average Bonchev–Trinajstić information content (AvgIpc) is 3.75. The molecule has 4 aliphatic rings. The Bertz CT molecular complexity index is 2580. The lowest BCUT2D eigenvalue weighted by atomic mass is 10.1. The van der Waals surface area contributed by atoms with Gasteiger partial charge in [-0.25, -0.2) is 0 Å². The summed E-state index contributed by atoms with van der Waals surface area (Å²) < 4.78 is 18.5. The van der Waals surface area contributed by atoms with Crippen LogP contribution in [0.4, 0.5) is 28.4 Å². The fraction of sp³-hybridized carbons (Fsp3) is 0.292. The van der Waals surface area contributed by atoms with E-state index < -0.39 is 0 Å². The van der Waals surface area contributed by atoms with E-state index in [1.807, 2.05) is 82.9 Å². The van der Waals surface area contributed by atoms with E-state index in [4.69, 9.17) is 19.2 Å². The van der Waals surface area contributed by atoms with Crippen molar-refractivity contribution < 1.29 is 28.6 Å². The van der Waals surface area contributed by atoms with Crippen molar-refractivity contribution in [2.75, 3.05) is 40.3 Å². The van der Waals surface area contributed by atoms with E-state index in [0.717, 1.165) is 52.9 Å². The molecule has 0 unspecified atom stereocenters. The monoisotopic (exact) mass is 853 g/mol. The highest BCUT2D eigenvalue weighted by Gasteiger charge is 2.38. The number of carbonyl (C=O) groups is 3. The standard InChI is InChI=1S/C48H47N5O6S2/c1-48(2,61-60-4)16-15-45(54)51-33-18-29(27-58-36-13-14-37-39(22-36)49-25-34-20-31-9-5-7-11-41(31)52(34)46(37)55)17-30(19-33)28-59-44-24-40-38(23-43(44)57-3)47(56)53-35(26-50-40)21-32-10-6-8-12-42(32)53/h5-14,17-19,22-25,34-35,50H,15-16,20-21,26-28H2,1-4H3,(H,51,54)/t34-,35-/m0/s1. The molecule has 4 heterocycles. The van der Waals surface area contributed by atoms with Gasteiger partial charge in [-0.15, -0.1) is 0 Å². The minimum atomic E-state index is -0.143. The minimum Gasteiger partial charge on any atom is -0.493 e. The van der Waals surface area contributed by atoms with Crippen molar-refractivity contribution in [2.45, 2.75) is 69.6 Å². The summed E-state index contributed by atoms with van der Waals surface area (Å²) in [6, 6.07) is 30.6. The fourth-order valence-electron chi connectivity index (χ4n) is 8.62. The fourth-order valence-corrected chi connectivity index (χ4v) is 10.9. The Kier molecular flexibility index (Phi) is 11.2. The first-order valence-electron chi connectivity index (χ1n) is 20.4. The summed E-state index contributed by atoms with van der Waals surface area (Å²) in [6.45, 7) is 5.21. The predicted molar refractivity (Wildman–Crippen MR) is 246 cm³/mol. The largest absolute Gasteiger partial charge is 0.493 e. The highest BCUT2D eigenvalue weighted by Crippen LogP contribution is 2.42. The molecule has 0 saturated carbocycles.